The van der Waals surface area contributed by atoms with E-state index in [0.29, 0.717) is 10.8 Å². The van der Waals surface area contributed by atoms with Gasteiger partial charge in [0.05, 0.1) is 24.6 Å². The zero-order valence-electron chi connectivity index (χ0n) is 12.0. The van der Waals surface area contributed by atoms with Gasteiger partial charge in [-0.05, 0) is 12.1 Å². The lowest BCUT2D eigenvalue weighted by Crippen LogP contribution is -2.53. The van der Waals surface area contributed by atoms with Gasteiger partial charge >= 0.3 is 5.88 Å². The summed E-state index contributed by atoms with van der Waals surface area (Å²) in [5.41, 5.74) is 1.47. The first-order valence-corrected chi connectivity index (χ1v) is 7.45. The van der Waals surface area contributed by atoms with E-state index in [9.17, 15) is 4.79 Å². The fraction of sp³-hybridized carbons (Fsp3) is 0.231. The molecule has 0 saturated carbocycles. The summed E-state index contributed by atoms with van der Waals surface area (Å²) < 4.78 is 10.5. The molecule has 1 aromatic carbocycles. The van der Waals surface area contributed by atoms with Crippen molar-refractivity contribution in [1.82, 2.24) is 10.3 Å². The summed E-state index contributed by atoms with van der Waals surface area (Å²) >= 11 is 1.22. The summed E-state index contributed by atoms with van der Waals surface area (Å²) in [6.07, 6.45) is 1.57. The molecule has 3 rings (SSSR count). The fourth-order valence-electron chi connectivity index (χ4n) is 1.70. The second-order valence-corrected chi connectivity index (χ2v) is 5.54. The molecule has 2 aromatic heterocycles. The van der Waals surface area contributed by atoms with Crippen LogP contribution in [0.2, 0.25) is 0 Å². The molecule has 0 atom stereocenters. The minimum absolute atomic E-state index is 0.162. The van der Waals surface area contributed by atoms with Crippen LogP contribution in [0.3, 0.4) is 0 Å². The summed E-state index contributed by atoms with van der Waals surface area (Å²) in [4.78, 5) is 17.6. The van der Waals surface area contributed by atoms with E-state index in [4.69, 9.17) is 8.94 Å². The zero-order valence-corrected chi connectivity index (χ0v) is 12.8. The van der Waals surface area contributed by atoms with Gasteiger partial charge in [0.2, 0.25) is 11.2 Å². The molecule has 9 heteroatoms. The Kier molecular flexibility index (Phi) is 3.96. The molecule has 0 unspecified atom stereocenters. The van der Waals surface area contributed by atoms with Crippen molar-refractivity contribution in [3.63, 3.8) is 0 Å². The van der Waals surface area contributed by atoms with E-state index in [1.54, 1.807) is 25.3 Å². The average Bonchev–Trinajstić information content (AvgIpc) is 3.11. The molecule has 2 heterocycles. The Balaban J connectivity index is 1.57. The van der Waals surface area contributed by atoms with E-state index < -0.39 is 0 Å². The molecule has 0 aliphatic heterocycles. The number of carbonyl (C=O) groups is 1. The number of para-hydroxylation sites is 2. The number of hydrogen-bond donors (Lipinski definition) is 1. The molecule has 8 nitrogen and oxygen atoms in total. The van der Waals surface area contributed by atoms with Crippen molar-refractivity contribution in [2.45, 2.75) is 5.22 Å². The van der Waals surface area contributed by atoms with Gasteiger partial charge < -0.3 is 4.42 Å². The summed E-state index contributed by atoms with van der Waals surface area (Å²) in [6.45, 7) is 0. The van der Waals surface area contributed by atoms with E-state index >= 15 is 0 Å². The van der Waals surface area contributed by atoms with Crippen LogP contribution in [0.25, 0.3) is 11.1 Å². The third kappa shape index (κ3) is 3.19. The maximum atomic E-state index is 11.9. The molecule has 0 fully saturated rings. The number of nitrogens with zero attached hydrogens (tertiary/aromatic N) is 4. The predicted octanol–water partition coefficient (Wildman–Crippen LogP) is 1.03. The monoisotopic (exact) mass is 320 g/mol. The number of anilines is 1. The summed E-state index contributed by atoms with van der Waals surface area (Å²) in [5.74, 6) is 0.210. The number of amides is 1. The molecular weight excluding hydrogens is 306 g/mol. The number of fused-ring (bicyclic) bond motifs is 1. The van der Waals surface area contributed by atoms with Gasteiger partial charge in [-0.1, -0.05) is 23.9 Å². The van der Waals surface area contributed by atoms with Gasteiger partial charge in [-0.15, -0.1) is 0 Å². The molecule has 0 saturated heterocycles. The van der Waals surface area contributed by atoms with Crippen molar-refractivity contribution in [2.24, 2.45) is 0 Å². The van der Waals surface area contributed by atoms with Crippen molar-refractivity contribution >= 4 is 34.7 Å². The SMILES string of the molecule is CN(C)[n+]1cc(NC(=O)CSc2nc3ccccc3o2)on1. The van der Waals surface area contributed by atoms with Crippen LogP contribution in [0.15, 0.2) is 44.6 Å². The Bertz CT molecular complexity index is 765. The second-order valence-electron chi connectivity index (χ2n) is 4.62. The lowest BCUT2D eigenvalue weighted by Gasteiger charge is -1.96. The number of hydrogen-bond acceptors (Lipinski definition) is 7. The van der Waals surface area contributed by atoms with Crippen LogP contribution in [-0.2, 0) is 4.79 Å². The molecule has 1 amide bonds. The summed E-state index contributed by atoms with van der Waals surface area (Å²) in [6, 6.07) is 7.45. The normalized spacial score (nSPS) is 10.8. The topological polar surface area (TPSA) is 88.3 Å². The number of thioether (sulfide) groups is 1. The molecule has 0 radical (unpaired) electrons. The van der Waals surface area contributed by atoms with E-state index in [-0.39, 0.29) is 17.5 Å². The first-order valence-electron chi connectivity index (χ1n) is 6.46. The van der Waals surface area contributed by atoms with Crippen LogP contribution in [0.4, 0.5) is 5.88 Å². The van der Waals surface area contributed by atoms with Gasteiger partial charge in [0.1, 0.15) is 5.52 Å². The van der Waals surface area contributed by atoms with E-state index in [1.165, 1.54) is 16.6 Å². The van der Waals surface area contributed by atoms with Gasteiger partial charge in [0.25, 0.3) is 11.4 Å². The van der Waals surface area contributed by atoms with Crippen LogP contribution in [0, 0.1) is 0 Å². The maximum Gasteiger partial charge on any atom is 0.305 e. The highest BCUT2D eigenvalue weighted by atomic mass is 32.2. The number of nitrogens with one attached hydrogen (secondary N) is 1. The third-order valence-electron chi connectivity index (χ3n) is 2.73. The number of oxazole rings is 1. The Morgan fingerprint density at radius 3 is 2.95 bits per heavy atom. The molecule has 114 valence electrons. The Labute approximate surface area is 130 Å². The molecule has 22 heavy (non-hydrogen) atoms. The number of benzene rings is 1. The van der Waals surface area contributed by atoms with Crippen LogP contribution >= 0.6 is 11.8 Å². The molecule has 0 aliphatic rings. The highest BCUT2D eigenvalue weighted by Gasteiger charge is 2.16. The molecule has 1 N–H and O–H groups in total. The highest BCUT2D eigenvalue weighted by Crippen LogP contribution is 2.23. The first-order chi connectivity index (χ1) is 10.6. The lowest BCUT2D eigenvalue weighted by atomic mass is 10.3. The van der Waals surface area contributed by atoms with Crippen LogP contribution in [0.5, 0.6) is 0 Å². The summed E-state index contributed by atoms with van der Waals surface area (Å²) in [5, 5.41) is 8.50. The van der Waals surface area contributed by atoms with Crippen molar-refractivity contribution in [2.75, 3.05) is 30.2 Å². The molecule has 0 aliphatic carbocycles. The predicted molar refractivity (Wildman–Crippen MR) is 80.1 cm³/mol. The van der Waals surface area contributed by atoms with Crippen molar-refractivity contribution in [3.05, 3.63) is 30.5 Å². The average molecular weight is 320 g/mol. The number of carbonyl (C=O) groups excluding carboxylic acids is 1. The van der Waals surface area contributed by atoms with Crippen LogP contribution < -0.4 is 15.1 Å². The van der Waals surface area contributed by atoms with Gasteiger partial charge in [-0.3, -0.25) is 14.6 Å². The zero-order chi connectivity index (χ0) is 15.5. The van der Waals surface area contributed by atoms with Gasteiger partial charge in [0.15, 0.2) is 5.58 Å². The Morgan fingerprint density at radius 2 is 2.23 bits per heavy atom. The van der Waals surface area contributed by atoms with Crippen LogP contribution in [0.1, 0.15) is 0 Å². The van der Waals surface area contributed by atoms with E-state index in [2.05, 4.69) is 15.6 Å². The molecule has 3 aromatic rings. The third-order valence-corrected chi connectivity index (χ3v) is 3.56. The first kappa shape index (κ1) is 14.4. The largest absolute Gasteiger partial charge is 0.431 e. The van der Waals surface area contributed by atoms with Gasteiger partial charge in [-0.25, -0.2) is 4.98 Å². The molecule has 0 spiro atoms. The fourth-order valence-corrected chi connectivity index (χ4v) is 2.33. The number of aromatic nitrogens is 3. The smallest absolute Gasteiger partial charge is 0.305 e. The van der Waals surface area contributed by atoms with Crippen molar-refractivity contribution in [1.29, 1.82) is 0 Å². The Morgan fingerprint density at radius 1 is 1.41 bits per heavy atom. The maximum absolute atomic E-state index is 11.9. The lowest BCUT2D eigenvalue weighted by molar-refractivity contribution is -0.753. The highest BCUT2D eigenvalue weighted by molar-refractivity contribution is 7.99. The van der Waals surface area contributed by atoms with Gasteiger partial charge in [-0.2, -0.15) is 5.01 Å². The quantitative estimate of drug-likeness (QED) is 0.555. The standard InChI is InChI=1S/C13H13N5O3S/c1-17(2)18-7-12(21-16-18)15-11(19)8-22-13-14-9-5-3-4-6-10(9)20-13/h3-7H,8H2,1-2H3/p+1. The summed E-state index contributed by atoms with van der Waals surface area (Å²) in [7, 11) is 3.61. The minimum atomic E-state index is -0.227. The number of rotatable bonds is 5. The molecular formula is C13H14N5O3S+. The molecule has 0 bridgehead atoms. The van der Waals surface area contributed by atoms with Crippen molar-refractivity contribution < 1.29 is 18.5 Å². The Hall–Kier alpha value is -2.55. The van der Waals surface area contributed by atoms with Crippen LogP contribution in [-0.4, -0.2) is 36.0 Å². The van der Waals surface area contributed by atoms with E-state index in [1.807, 2.05) is 24.3 Å². The minimum Gasteiger partial charge on any atom is -0.431 e. The van der Waals surface area contributed by atoms with E-state index in [0.717, 1.165) is 5.52 Å². The van der Waals surface area contributed by atoms with Crippen molar-refractivity contribution in [3.8, 4) is 0 Å². The van der Waals surface area contributed by atoms with Gasteiger partial charge in [0, 0.05) is 0 Å². The second kappa shape index (κ2) is 6.06.